The van der Waals surface area contributed by atoms with E-state index in [1.807, 2.05) is 11.4 Å². The molecule has 0 radical (unpaired) electrons. The van der Waals surface area contributed by atoms with Crippen LogP contribution in [0.15, 0.2) is 46.6 Å². The van der Waals surface area contributed by atoms with Gasteiger partial charge in [0.25, 0.3) is 5.56 Å². The van der Waals surface area contributed by atoms with Crippen molar-refractivity contribution in [2.75, 3.05) is 0 Å². The summed E-state index contributed by atoms with van der Waals surface area (Å²) in [4.78, 5) is 15.3. The van der Waals surface area contributed by atoms with E-state index in [2.05, 4.69) is 36.2 Å². The van der Waals surface area contributed by atoms with Crippen molar-refractivity contribution < 1.29 is 5.11 Å². The molecule has 5 heteroatoms. The van der Waals surface area contributed by atoms with Gasteiger partial charge in [-0.3, -0.25) is 4.79 Å². The molecule has 0 saturated carbocycles. The number of benzene rings is 2. The first-order valence-electron chi connectivity index (χ1n) is 8.08. The number of halogens is 1. The van der Waals surface area contributed by atoms with Gasteiger partial charge in [-0.05, 0) is 46.2 Å². The molecular weight excluding hydrogens is 354 g/mol. The van der Waals surface area contributed by atoms with Gasteiger partial charge < -0.3 is 10.1 Å². The number of nitrogens with one attached hydrogen (secondary N) is 1. The standard InChI is InChI=1S/C20H16ClNO2S/c1-2-11-3-5-12(6-4-11)16-13(10-23)9-15(21)18-17(16)14-7-8-25-19(14)20(24)22-18/h3-9,23H,2,10H2,1H3,(H,22,24). The molecule has 3 nitrogen and oxygen atoms in total. The minimum absolute atomic E-state index is 0.120. The second-order valence-corrected chi connectivity index (χ2v) is 7.29. The highest BCUT2D eigenvalue weighted by molar-refractivity contribution is 7.17. The maximum Gasteiger partial charge on any atom is 0.266 e. The summed E-state index contributed by atoms with van der Waals surface area (Å²) < 4.78 is 0.671. The second-order valence-electron chi connectivity index (χ2n) is 5.97. The molecule has 0 aliphatic carbocycles. The highest BCUT2D eigenvalue weighted by Crippen LogP contribution is 2.39. The molecule has 2 aromatic heterocycles. The van der Waals surface area contributed by atoms with Crippen LogP contribution in [-0.2, 0) is 13.0 Å². The maximum absolute atomic E-state index is 12.3. The number of hydrogen-bond acceptors (Lipinski definition) is 3. The van der Waals surface area contributed by atoms with E-state index in [0.29, 0.717) is 15.2 Å². The number of aryl methyl sites for hydroxylation is 1. The molecule has 0 saturated heterocycles. The van der Waals surface area contributed by atoms with Crippen molar-refractivity contribution in [3.63, 3.8) is 0 Å². The zero-order chi connectivity index (χ0) is 17.6. The molecule has 0 fully saturated rings. The number of H-pyrrole nitrogens is 1. The molecule has 0 atom stereocenters. The molecule has 25 heavy (non-hydrogen) atoms. The van der Waals surface area contributed by atoms with E-state index < -0.39 is 0 Å². The fourth-order valence-corrected chi connectivity index (χ4v) is 4.38. The first-order valence-corrected chi connectivity index (χ1v) is 9.34. The van der Waals surface area contributed by atoms with Crippen LogP contribution in [0.25, 0.3) is 32.1 Å². The lowest BCUT2D eigenvalue weighted by Crippen LogP contribution is -2.06. The fraction of sp³-hybridized carbons (Fsp3) is 0.150. The van der Waals surface area contributed by atoms with Gasteiger partial charge in [0.2, 0.25) is 0 Å². The number of aliphatic hydroxyl groups is 1. The first kappa shape index (κ1) is 16.3. The Morgan fingerprint density at radius 2 is 1.96 bits per heavy atom. The third-order valence-electron chi connectivity index (χ3n) is 4.56. The Labute approximate surface area is 153 Å². The van der Waals surface area contributed by atoms with Gasteiger partial charge in [0, 0.05) is 10.8 Å². The topological polar surface area (TPSA) is 53.1 Å². The summed E-state index contributed by atoms with van der Waals surface area (Å²) in [5.74, 6) is 0. The Bertz CT molecular complexity index is 1140. The van der Waals surface area contributed by atoms with Crippen LogP contribution >= 0.6 is 22.9 Å². The molecular formula is C20H16ClNO2S. The van der Waals surface area contributed by atoms with Gasteiger partial charge in [0.1, 0.15) is 4.70 Å². The molecule has 2 heterocycles. The molecule has 0 aliphatic heterocycles. The van der Waals surface area contributed by atoms with E-state index >= 15 is 0 Å². The molecule has 0 amide bonds. The molecule has 0 unspecified atom stereocenters. The Hall–Kier alpha value is -2.14. The van der Waals surface area contributed by atoms with Crippen LogP contribution in [0.4, 0.5) is 0 Å². The maximum atomic E-state index is 12.3. The van der Waals surface area contributed by atoms with Crippen LogP contribution < -0.4 is 5.56 Å². The highest BCUT2D eigenvalue weighted by atomic mass is 35.5. The van der Waals surface area contributed by atoms with Crippen molar-refractivity contribution in [1.82, 2.24) is 4.98 Å². The number of rotatable bonds is 3. The van der Waals surface area contributed by atoms with Gasteiger partial charge in [-0.2, -0.15) is 0 Å². The van der Waals surface area contributed by atoms with Crippen molar-refractivity contribution in [2.45, 2.75) is 20.0 Å². The number of aromatic nitrogens is 1. The van der Waals surface area contributed by atoms with Crippen LogP contribution in [0.5, 0.6) is 0 Å². The Morgan fingerprint density at radius 1 is 1.20 bits per heavy atom. The monoisotopic (exact) mass is 369 g/mol. The van der Waals surface area contributed by atoms with Gasteiger partial charge in [0.15, 0.2) is 0 Å². The zero-order valence-corrected chi connectivity index (χ0v) is 15.2. The number of hydrogen-bond donors (Lipinski definition) is 2. The highest BCUT2D eigenvalue weighted by Gasteiger charge is 2.17. The summed E-state index contributed by atoms with van der Waals surface area (Å²) in [5.41, 5.74) is 4.40. The van der Waals surface area contributed by atoms with E-state index in [-0.39, 0.29) is 12.2 Å². The van der Waals surface area contributed by atoms with Gasteiger partial charge >= 0.3 is 0 Å². The summed E-state index contributed by atoms with van der Waals surface area (Å²) in [5, 5.41) is 14.0. The summed E-state index contributed by atoms with van der Waals surface area (Å²) in [6.07, 6.45) is 0.969. The van der Waals surface area contributed by atoms with Crippen LogP contribution in [0.1, 0.15) is 18.1 Å². The normalized spacial score (nSPS) is 11.5. The molecule has 2 aromatic carbocycles. The van der Waals surface area contributed by atoms with E-state index in [1.165, 1.54) is 16.9 Å². The average Bonchev–Trinajstić information content (AvgIpc) is 3.13. The largest absolute Gasteiger partial charge is 0.392 e. The van der Waals surface area contributed by atoms with Crippen molar-refractivity contribution in [2.24, 2.45) is 0 Å². The Morgan fingerprint density at radius 3 is 2.64 bits per heavy atom. The molecule has 0 aliphatic rings. The van der Waals surface area contributed by atoms with E-state index in [0.717, 1.165) is 33.9 Å². The van der Waals surface area contributed by atoms with Crippen molar-refractivity contribution in [3.8, 4) is 11.1 Å². The quantitative estimate of drug-likeness (QED) is 0.526. The van der Waals surface area contributed by atoms with Gasteiger partial charge in [0.05, 0.1) is 17.1 Å². The van der Waals surface area contributed by atoms with E-state index in [4.69, 9.17) is 11.6 Å². The predicted molar refractivity (Wildman–Crippen MR) is 106 cm³/mol. The minimum Gasteiger partial charge on any atom is -0.392 e. The lowest BCUT2D eigenvalue weighted by Gasteiger charge is -2.15. The number of pyridine rings is 1. The number of aliphatic hydroxyl groups excluding tert-OH is 1. The molecule has 4 aromatic rings. The molecule has 0 spiro atoms. The van der Waals surface area contributed by atoms with E-state index in [9.17, 15) is 9.90 Å². The van der Waals surface area contributed by atoms with Crippen molar-refractivity contribution in [3.05, 3.63) is 68.3 Å². The third kappa shape index (κ3) is 2.58. The third-order valence-corrected chi connectivity index (χ3v) is 5.77. The minimum atomic E-state index is -0.136. The lowest BCUT2D eigenvalue weighted by atomic mass is 9.93. The van der Waals surface area contributed by atoms with Crippen LogP contribution in [-0.4, -0.2) is 10.1 Å². The van der Waals surface area contributed by atoms with Gasteiger partial charge in [-0.15, -0.1) is 11.3 Å². The second kappa shape index (κ2) is 6.30. The molecule has 0 bridgehead atoms. The molecule has 2 N–H and O–H groups in total. The van der Waals surface area contributed by atoms with Crippen molar-refractivity contribution >= 4 is 43.9 Å². The number of thiophene rings is 1. The van der Waals surface area contributed by atoms with Gasteiger partial charge in [-0.25, -0.2) is 0 Å². The number of aromatic amines is 1. The summed E-state index contributed by atoms with van der Waals surface area (Å²) >= 11 is 7.82. The Kier molecular flexibility index (Phi) is 4.12. The fourth-order valence-electron chi connectivity index (χ4n) is 3.31. The average molecular weight is 370 g/mol. The SMILES string of the molecule is CCc1ccc(-c2c(CO)cc(Cl)c3[nH]c(=O)c4sccc4c23)cc1. The zero-order valence-electron chi connectivity index (χ0n) is 13.6. The van der Waals surface area contributed by atoms with Gasteiger partial charge in [-0.1, -0.05) is 42.8 Å². The summed E-state index contributed by atoms with van der Waals surface area (Å²) in [6.45, 7) is 2.00. The van der Waals surface area contributed by atoms with E-state index in [1.54, 1.807) is 6.07 Å². The van der Waals surface area contributed by atoms with Crippen LogP contribution in [0, 0.1) is 0 Å². The molecule has 126 valence electrons. The summed E-state index contributed by atoms with van der Waals surface area (Å²) in [7, 11) is 0. The summed E-state index contributed by atoms with van der Waals surface area (Å²) in [6, 6.07) is 12.0. The lowest BCUT2D eigenvalue weighted by molar-refractivity contribution is 0.282. The number of fused-ring (bicyclic) bond motifs is 3. The van der Waals surface area contributed by atoms with Crippen molar-refractivity contribution in [1.29, 1.82) is 0 Å². The smallest absolute Gasteiger partial charge is 0.266 e. The molecule has 4 rings (SSSR count). The van der Waals surface area contributed by atoms with Crippen LogP contribution in [0.3, 0.4) is 0 Å². The van der Waals surface area contributed by atoms with Crippen LogP contribution in [0.2, 0.25) is 5.02 Å². The Balaban J connectivity index is 2.19. The first-order chi connectivity index (χ1) is 12.1. The predicted octanol–water partition coefficient (Wildman–Crippen LogP) is 5.12.